The normalized spacial score (nSPS) is 21.4. The summed E-state index contributed by atoms with van der Waals surface area (Å²) in [5.41, 5.74) is 4.06. The summed E-state index contributed by atoms with van der Waals surface area (Å²) >= 11 is 0. The Balaban J connectivity index is 1.40. The third-order valence-electron chi connectivity index (χ3n) is 5.92. The maximum Gasteiger partial charge on any atom is 0.225 e. The topological polar surface area (TPSA) is 50.3 Å². The molecule has 1 aliphatic heterocycles. The maximum atomic E-state index is 5.78. The van der Waals surface area contributed by atoms with E-state index in [4.69, 9.17) is 9.72 Å². The monoisotopic (exact) mass is 386 g/mol. The Bertz CT molecular complexity index is 962. The van der Waals surface area contributed by atoms with Gasteiger partial charge in [0.15, 0.2) is 0 Å². The number of aryl methyl sites for hydroxylation is 1. The molecule has 2 heterocycles. The Morgan fingerprint density at radius 1 is 1.00 bits per heavy atom. The van der Waals surface area contributed by atoms with E-state index in [1.807, 2.05) is 18.3 Å². The Morgan fingerprint density at radius 2 is 1.86 bits per heavy atom. The van der Waals surface area contributed by atoms with E-state index in [1.165, 1.54) is 23.1 Å². The summed E-state index contributed by atoms with van der Waals surface area (Å²) < 4.78 is 5.78. The van der Waals surface area contributed by atoms with Gasteiger partial charge in [0.1, 0.15) is 5.82 Å². The van der Waals surface area contributed by atoms with Crippen LogP contribution in [-0.4, -0.2) is 29.7 Å². The summed E-state index contributed by atoms with van der Waals surface area (Å²) in [4.78, 5) is 11.7. The van der Waals surface area contributed by atoms with E-state index >= 15 is 0 Å². The minimum atomic E-state index is 0.170. The summed E-state index contributed by atoms with van der Waals surface area (Å²) in [5.74, 6) is 1.64. The molecule has 2 unspecified atom stereocenters. The number of ether oxygens (including phenoxy) is 1. The number of hydrogen-bond donors (Lipinski definition) is 1. The van der Waals surface area contributed by atoms with Gasteiger partial charge in [0.05, 0.1) is 25.3 Å². The van der Waals surface area contributed by atoms with Gasteiger partial charge in [-0.15, -0.1) is 0 Å². The molecule has 1 aromatic heterocycles. The van der Waals surface area contributed by atoms with Crippen molar-refractivity contribution in [1.82, 2.24) is 9.97 Å². The molecule has 148 valence electrons. The van der Waals surface area contributed by atoms with E-state index in [0.717, 1.165) is 25.2 Å². The van der Waals surface area contributed by atoms with Gasteiger partial charge in [0.25, 0.3) is 0 Å². The van der Waals surface area contributed by atoms with Crippen LogP contribution in [-0.2, 0) is 11.2 Å². The fourth-order valence-corrected chi connectivity index (χ4v) is 4.47. The zero-order valence-corrected chi connectivity index (χ0v) is 16.5. The van der Waals surface area contributed by atoms with Gasteiger partial charge in [0.2, 0.25) is 5.95 Å². The smallest absolute Gasteiger partial charge is 0.225 e. The second-order valence-corrected chi connectivity index (χ2v) is 7.72. The zero-order chi connectivity index (χ0) is 19.5. The van der Waals surface area contributed by atoms with Crippen molar-refractivity contribution in [3.8, 4) is 0 Å². The fourth-order valence-electron chi connectivity index (χ4n) is 4.47. The number of aromatic nitrogens is 2. The van der Waals surface area contributed by atoms with Gasteiger partial charge >= 0.3 is 0 Å². The van der Waals surface area contributed by atoms with E-state index < -0.39 is 0 Å². The molecule has 2 aromatic carbocycles. The number of hydrogen-bond acceptors (Lipinski definition) is 5. The highest BCUT2D eigenvalue weighted by Crippen LogP contribution is 2.33. The minimum absolute atomic E-state index is 0.170. The summed E-state index contributed by atoms with van der Waals surface area (Å²) in [6, 6.07) is 21.7. The number of nitrogens with zero attached hydrogens (tertiary/aromatic N) is 3. The number of fused-ring (bicyclic) bond motifs is 1. The predicted octanol–water partition coefficient (Wildman–Crippen LogP) is 4.54. The van der Waals surface area contributed by atoms with Crippen molar-refractivity contribution in [2.75, 3.05) is 30.0 Å². The Kier molecular flexibility index (Phi) is 5.13. The molecule has 2 aliphatic rings. The van der Waals surface area contributed by atoms with Crippen LogP contribution in [0.2, 0.25) is 0 Å². The molecule has 2 atom stereocenters. The lowest BCUT2D eigenvalue weighted by Crippen LogP contribution is -2.40. The van der Waals surface area contributed by atoms with Crippen molar-refractivity contribution < 1.29 is 4.74 Å². The van der Waals surface area contributed by atoms with E-state index in [1.54, 1.807) is 0 Å². The van der Waals surface area contributed by atoms with Crippen LogP contribution in [0.25, 0.3) is 0 Å². The van der Waals surface area contributed by atoms with Crippen LogP contribution in [0.3, 0.4) is 0 Å². The lowest BCUT2D eigenvalue weighted by molar-refractivity contribution is 0.0937. The molecular weight excluding hydrogens is 360 g/mol. The average Bonchev–Trinajstić information content (AvgIpc) is 2.80. The molecule has 0 radical (unpaired) electrons. The summed E-state index contributed by atoms with van der Waals surface area (Å²) in [6.07, 6.45) is 5.31. The number of nitrogens with one attached hydrogen (secondary N) is 1. The third-order valence-corrected chi connectivity index (χ3v) is 5.92. The first kappa shape index (κ1) is 18.1. The highest BCUT2D eigenvalue weighted by molar-refractivity contribution is 5.47. The molecule has 0 bridgehead atoms. The molecule has 5 nitrogen and oxygen atoms in total. The molecule has 5 rings (SSSR count). The number of morpholine rings is 1. The molecule has 1 fully saturated rings. The molecule has 1 saturated heterocycles. The van der Waals surface area contributed by atoms with E-state index in [9.17, 15) is 0 Å². The van der Waals surface area contributed by atoms with Gasteiger partial charge in [0, 0.05) is 12.7 Å². The molecular formula is C24H26N4O. The van der Waals surface area contributed by atoms with Gasteiger partial charge in [-0.25, -0.2) is 4.98 Å². The molecule has 3 aromatic rings. The van der Waals surface area contributed by atoms with Crippen LogP contribution >= 0.6 is 0 Å². The minimum Gasteiger partial charge on any atom is -0.377 e. The van der Waals surface area contributed by atoms with Crippen LogP contribution < -0.4 is 10.2 Å². The average molecular weight is 386 g/mol. The Morgan fingerprint density at radius 3 is 2.79 bits per heavy atom. The lowest BCUT2D eigenvalue weighted by atomic mass is 9.88. The van der Waals surface area contributed by atoms with Gasteiger partial charge < -0.3 is 15.0 Å². The third kappa shape index (κ3) is 3.83. The molecule has 29 heavy (non-hydrogen) atoms. The van der Waals surface area contributed by atoms with Crippen molar-refractivity contribution in [2.45, 2.75) is 31.3 Å². The maximum absolute atomic E-state index is 5.78. The number of benzene rings is 2. The van der Waals surface area contributed by atoms with Crippen LogP contribution in [0.5, 0.6) is 0 Å². The van der Waals surface area contributed by atoms with Crippen LogP contribution in [0.1, 0.15) is 41.6 Å². The number of rotatable bonds is 4. The van der Waals surface area contributed by atoms with E-state index in [0.29, 0.717) is 19.2 Å². The molecule has 1 aliphatic carbocycles. The largest absolute Gasteiger partial charge is 0.377 e. The highest BCUT2D eigenvalue weighted by atomic mass is 16.5. The van der Waals surface area contributed by atoms with Crippen LogP contribution in [0.4, 0.5) is 11.8 Å². The second kappa shape index (κ2) is 8.21. The van der Waals surface area contributed by atoms with Crippen molar-refractivity contribution >= 4 is 11.8 Å². The SMILES string of the molecule is c1ccc(C2COCCN2c2ccnc(NC3CCCc4ccccc43)n2)cc1. The fraction of sp³-hybridized carbons (Fsp3) is 0.333. The van der Waals surface area contributed by atoms with Crippen molar-refractivity contribution in [2.24, 2.45) is 0 Å². The van der Waals surface area contributed by atoms with E-state index in [2.05, 4.69) is 63.7 Å². The predicted molar refractivity (Wildman–Crippen MR) is 115 cm³/mol. The second-order valence-electron chi connectivity index (χ2n) is 7.72. The number of anilines is 2. The molecule has 0 spiro atoms. The van der Waals surface area contributed by atoms with Crippen molar-refractivity contribution in [3.05, 3.63) is 83.6 Å². The quantitative estimate of drug-likeness (QED) is 0.713. The van der Waals surface area contributed by atoms with Gasteiger partial charge in [-0.2, -0.15) is 4.98 Å². The van der Waals surface area contributed by atoms with Crippen molar-refractivity contribution in [1.29, 1.82) is 0 Å². The Hall–Kier alpha value is -2.92. The van der Waals surface area contributed by atoms with Gasteiger partial charge in [-0.3, -0.25) is 0 Å². The lowest BCUT2D eigenvalue weighted by Gasteiger charge is -2.37. The first-order chi connectivity index (χ1) is 14.4. The van der Waals surface area contributed by atoms with Crippen LogP contribution in [0.15, 0.2) is 66.9 Å². The molecule has 5 heteroatoms. The zero-order valence-electron chi connectivity index (χ0n) is 16.5. The van der Waals surface area contributed by atoms with Gasteiger partial charge in [-0.1, -0.05) is 54.6 Å². The summed E-state index contributed by atoms with van der Waals surface area (Å²) in [6.45, 7) is 2.21. The highest BCUT2D eigenvalue weighted by Gasteiger charge is 2.26. The summed E-state index contributed by atoms with van der Waals surface area (Å²) in [5, 5.41) is 3.59. The van der Waals surface area contributed by atoms with E-state index in [-0.39, 0.29) is 12.1 Å². The first-order valence-electron chi connectivity index (χ1n) is 10.5. The van der Waals surface area contributed by atoms with Gasteiger partial charge in [-0.05, 0) is 42.0 Å². The molecule has 0 saturated carbocycles. The summed E-state index contributed by atoms with van der Waals surface area (Å²) in [7, 11) is 0. The standard InChI is InChI=1S/C24H26N4O/c1-2-8-19(9-3-1)22-17-29-16-15-28(22)23-13-14-25-24(27-23)26-21-12-6-10-18-7-4-5-11-20(18)21/h1-5,7-9,11,13-14,21-22H,6,10,12,15-17H2,(H,25,26,27). The molecule has 1 N–H and O–H groups in total. The van der Waals surface area contributed by atoms with Crippen LogP contribution in [0, 0.1) is 0 Å². The molecule has 0 amide bonds. The Labute approximate surface area is 171 Å². The first-order valence-corrected chi connectivity index (χ1v) is 10.5. The van der Waals surface area contributed by atoms with Crippen molar-refractivity contribution in [3.63, 3.8) is 0 Å².